The first-order chi connectivity index (χ1) is 14.0. The molecule has 6 N–H and O–H groups in total. The predicted molar refractivity (Wildman–Crippen MR) is 108 cm³/mol. The van der Waals surface area contributed by atoms with Gasteiger partial charge in [0.15, 0.2) is 5.78 Å². The quantitative estimate of drug-likeness (QED) is 0.298. The number of H-pyrrole nitrogens is 1. The maximum absolute atomic E-state index is 12.9. The summed E-state index contributed by atoms with van der Waals surface area (Å²) in [6, 6.07) is 6.14. The van der Waals surface area contributed by atoms with Gasteiger partial charge in [-0.05, 0) is 24.5 Å². The average Bonchev–Trinajstić information content (AvgIpc) is 3.09. The Morgan fingerprint density at radius 2 is 2.00 bits per heavy atom. The summed E-state index contributed by atoms with van der Waals surface area (Å²) in [4.78, 5) is 38.9. The predicted octanol–water partition coefficient (Wildman–Crippen LogP) is 0.209. The molecule has 1 fully saturated rings. The second kappa shape index (κ2) is 9.44. The van der Waals surface area contributed by atoms with E-state index in [0.717, 1.165) is 29.6 Å². The summed E-state index contributed by atoms with van der Waals surface area (Å²) in [5, 5.41) is 26.3. The van der Waals surface area contributed by atoms with Crippen molar-refractivity contribution >= 4 is 34.8 Å². The van der Waals surface area contributed by atoms with Crippen LogP contribution in [0, 0.1) is 5.41 Å². The number of hydrogen-bond acceptors (Lipinski definition) is 6. The Kier molecular flexibility index (Phi) is 6.73. The lowest BCUT2D eigenvalue weighted by Gasteiger charge is -2.32. The topological polar surface area (TPSA) is 147 Å². The molecule has 3 rings (SSSR count). The van der Waals surface area contributed by atoms with Crippen LogP contribution in [-0.2, 0) is 20.8 Å². The van der Waals surface area contributed by atoms with Crippen molar-refractivity contribution in [3.05, 3.63) is 36.0 Å². The number of amides is 1. The number of para-hydroxylation sites is 1. The minimum absolute atomic E-state index is 0.0555. The van der Waals surface area contributed by atoms with Crippen molar-refractivity contribution in [1.29, 1.82) is 5.41 Å². The smallest absolute Gasteiger partial charge is 0.326 e. The van der Waals surface area contributed by atoms with Crippen LogP contribution in [-0.4, -0.2) is 65.2 Å². The van der Waals surface area contributed by atoms with E-state index in [1.807, 2.05) is 30.5 Å². The van der Waals surface area contributed by atoms with Crippen molar-refractivity contribution in [2.75, 3.05) is 13.1 Å². The molecule has 1 aromatic heterocycles. The Balaban J connectivity index is 1.72. The number of carbonyl (C=O) groups excluding carboxylic acids is 2. The number of aromatic nitrogens is 1. The Labute approximate surface area is 167 Å². The normalized spacial score (nSPS) is 16.0. The zero-order chi connectivity index (χ0) is 20.8. The van der Waals surface area contributed by atoms with E-state index in [0.29, 0.717) is 12.6 Å². The summed E-state index contributed by atoms with van der Waals surface area (Å²) in [7, 11) is 0. The molecule has 1 saturated heterocycles. The van der Waals surface area contributed by atoms with Gasteiger partial charge >= 0.3 is 5.97 Å². The van der Waals surface area contributed by atoms with Gasteiger partial charge in [0.25, 0.3) is 0 Å². The van der Waals surface area contributed by atoms with Gasteiger partial charge in [-0.25, -0.2) is 4.79 Å². The molecule has 9 nitrogen and oxygen atoms in total. The second-order valence-corrected chi connectivity index (χ2v) is 7.19. The van der Waals surface area contributed by atoms with Crippen LogP contribution < -0.4 is 16.0 Å². The van der Waals surface area contributed by atoms with Crippen molar-refractivity contribution in [1.82, 2.24) is 20.9 Å². The van der Waals surface area contributed by atoms with Gasteiger partial charge in [-0.15, -0.1) is 0 Å². The largest absolute Gasteiger partial charge is 0.480 e. The molecule has 2 aromatic rings. The van der Waals surface area contributed by atoms with E-state index >= 15 is 0 Å². The maximum Gasteiger partial charge on any atom is 0.326 e. The molecule has 0 spiro atoms. The minimum atomic E-state index is -1.20. The van der Waals surface area contributed by atoms with Gasteiger partial charge in [0.05, 0.1) is 12.3 Å². The Bertz CT molecular complexity index is 905. The number of ketones is 1. The van der Waals surface area contributed by atoms with Crippen molar-refractivity contribution < 1.29 is 19.5 Å². The van der Waals surface area contributed by atoms with E-state index in [1.165, 1.54) is 0 Å². The molecular weight excluding hydrogens is 374 g/mol. The molecule has 2 heterocycles. The van der Waals surface area contributed by atoms with Gasteiger partial charge in [-0.1, -0.05) is 18.2 Å². The van der Waals surface area contributed by atoms with Gasteiger partial charge in [0, 0.05) is 42.7 Å². The van der Waals surface area contributed by atoms with Crippen LogP contribution in [0.4, 0.5) is 0 Å². The van der Waals surface area contributed by atoms with Crippen molar-refractivity contribution in [2.24, 2.45) is 0 Å². The molecule has 29 heavy (non-hydrogen) atoms. The number of carbonyl (C=O) groups is 3. The summed E-state index contributed by atoms with van der Waals surface area (Å²) < 4.78 is 0. The molecule has 0 bridgehead atoms. The van der Waals surface area contributed by atoms with Crippen molar-refractivity contribution in [3.8, 4) is 0 Å². The van der Waals surface area contributed by atoms with E-state index in [-0.39, 0.29) is 18.9 Å². The molecule has 0 radical (unpaired) electrons. The highest BCUT2D eigenvalue weighted by Gasteiger charge is 2.29. The van der Waals surface area contributed by atoms with Gasteiger partial charge < -0.3 is 31.5 Å². The maximum atomic E-state index is 12.9. The average molecular weight is 399 g/mol. The fraction of sp³-hybridized carbons (Fsp3) is 0.400. The van der Waals surface area contributed by atoms with E-state index in [9.17, 15) is 19.5 Å². The lowest BCUT2D eigenvalue weighted by molar-refractivity contribution is -0.142. The fourth-order valence-electron chi connectivity index (χ4n) is 3.33. The van der Waals surface area contributed by atoms with Crippen LogP contribution in [0.25, 0.3) is 10.9 Å². The number of aromatic amines is 1. The molecule has 9 heteroatoms. The third-order valence-electron chi connectivity index (χ3n) is 5.09. The molecule has 0 unspecified atom stereocenters. The molecule has 0 aliphatic carbocycles. The number of benzene rings is 1. The first-order valence-corrected chi connectivity index (χ1v) is 9.56. The van der Waals surface area contributed by atoms with Crippen LogP contribution >= 0.6 is 0 Å². The van der Waals surface area contributed by atoms with Crippen LogP contribution in [0.5, 0.6) is 0 Å². The Hall–Kier alpha value is -3.04. The van der Waals surface area contributed by atoms with Crippen molar-refractivity contribution in [3.63, 3.8) is 0 Å². The fourth-order valence-corrected chi connectivity index (χ4v) is 3.33. The highest BCUT2D eigenvalue weighted by atomic mass is 16.4. The Morgan fingerprint density at radius 3 is 2.66 bits per heavy atom. The van der Waals surface area contributed by atoms with Crippen LogP contribution in [0.2, 0.25) is 0 Å². The third-order valence-corrected chi connectivity index (χ3v) is 5.09. The second-order valence-electron chi connectivity index (χ2n) is 7.19. The number of aliphatic carboxylic acids is 1. The van der Waals surface area contributed by atoms with Crippen LogP contribution in [0.3, 0.4) is 0 Å². The minimum Gasteiger partial charge on any atom is -0.480 e. The van der Waals surface area contributed by atoms with Crippen LogP contribution in [0.15, 0.2) is 30.5 Å². The summed E-state index contributed by atoms with van der Waals surface area (Å²) in [6.45, 7) is 1.49. The number of nitrogens with one attached hydrogen (secondary N) is 5. The zero-order valence-electron chi connectivity index (χ0n) is 15.9. The number of hydrogen-bond donors (Lipinski definition) is 6. The summed E-state index contributed by atoms with van der Waals surface area (Å²) in [6.07, 6.45) is 2.76. The monoisotopic (exact) mass is 399 g/mol. The van der Waals surface area contributed by atoms with Crippen molar-refractivity contribution in [2.45, 2.75) is 37.4 Å². The number of rotatable bonds is 11. The SMILES string of the molecule is N=CC(=O)CC[C@H](NC(=O)[C@H](Cc1c[nH]c2ccccc12)NC1CNC1)C(=O)O. The standard InChI is InChI=1S/C20H25N5O4/c21-8-14(26)5-6-17(20(28)29)25-19(27)18(24-13-10-22-11-13)7-12-9-23-16-4-2-1-3-15(12)16/h1-4,8-9,13,17-18,21-24H,5-7,10-11H2,(H,25,27)(H,28,29)/t17-,18-/m0/s1. The highest BCUT2D eigenvalue weighted by molar-refractivity contribution is 6.26. The summed E-state index contributed by atoms with van der Waals surface area (Å²) >= 11 is 0. The molecule has 1 aromatic carbocycles. The Morgan fingerprint density at radius 1 is 1.24 bits per heavy atom. The van der Waals surface area contributed by atoms with E-state index in [4.69, 9.17) is 5.41 Å². The highest BCUT2D eigenvalue weighted by Crippen LogP contribution is 2.19. The van der Waals surface area contributed by atoms with Crippen LogP contribution in [0.1, 0.15) is 18.4 Å². The molecule has 0 saturated carbocycles. The van der Waals surface area contributed by atoms with E-state index in [1.54, 1.807) is 0 Å². The van der Waals surface area contributed by atoms with E-state index < -0.39 is 29.7 Å². The number of carboxylic acid groups (broad SMARTS) is 1. The first-order valence-electron chi connectivity index (χ1n) is 9.56. The summed E-state index contributed by atoms with van der Waals surface area (Å²) in [5.74, 6) is -2.09. The molecular formula is C20H25N5O4. The molecule has 1 aliphatic rings. The molecule has 1 aliphatic heterocycles. The lowest BCUT2D eigenvalue weighted by atomic mass is 10.0. The zero-order valence-corrected chi connectivity index (χ0v) is 15.9. The van der Waals surface area contributed by atoms with Gasteiger partial charge in [-0.2, -0.15) is 0 Å². The van der Waals surface area contributed by atoms with E-state index in [2.05, 4.69) is 20.9 Å². The molecule has 154 valence electrons. The molecule has 1 amide bonds. The summed E-state index contributed by atoms with van der Waals surface area (Å²) in [5.41, 5.74) is 1.94. The third kappa shape index (κ3) is 5.27. The number of Topliss-reactive ketones (excluding diaryl/α,β-unsaturated/α-hetero) is 1. The lowest BCUT2D eigenvalue weighted by Crippen LogP contribution is -2.62. The first kappa shape index (κ1) is 20.7. The van der Waals surface area contributed by atoms with Gasteiger partial charge in [0.2, 0.25) is 5.91 Å². The number of fused-ring (bicyclic) bond motifs is 1. The van der Waals surface area contributed by atoms with Gasteiger partial charge in [-0.3, -0.25) is 9.59 Å². The molecule has 2 atom stereocenters. The van der Waals surface area contributed by atoms with Gasteiger partial charge in [0.1, 0.15) is 6.04 Å². The number of carboxylic acids is 1.